The van der Waals surface area contributed by atoms with Crippen LogP contribution in [0, 0.1) is 11.7 Å². The van der Waals surface area contributed by atoms with E-state index in [0.29, 0.717) is 29.1 Å². The number of hydrogen-bond donors (Lipinski definition) is 4. The lowest BCUT2D eigenvalue weighted by molar-refractivity contribution is -0.145. The molecule has 4 amide bonds. The van der Waals surface area contributed by atoms with Crippen LogP contribution in [-0.4, -0.2) is 105 Å². The van der Waals surface area contributed by atoms with Gasteiger partial charge < -0.3 is 40.2 Å². The second-order valence-electron chi connectivity index (χ2n) is 15.0. The highest BCUT2D eigenvalue weighted by Crippen LogP contribution is 2.24. The third-order valence-corrected chi connectivity index (χ3v) is 9.98. The topological polar surface area (TPSA) is 203 Å². The molecule has 17 heteroatoms. The van der Waals surface area contributed by atoms with E-state index in [2.05, 4.69) is 26.3 Å². The average molecular weight is 814 g/mol. The van der Waals surface area contributed by atoms with Crippen molar-refractivity contribution in [2.24, 2.45) is 5.92 Å². The molecule has 1 saturated heterocycles. The number of aliphatic hydroxyl groups is 1. The van der Waals surface area contributed by atoms with Gasteiger partial charge in [-0.2, -0.15) is 0 Å². The molecule has 3 aliphatic heterocycles. The minimum absolute atomic E-state index is 0.00639. The normalized spacial score (nSPS) is 22.2. The molecule has 312 valence electrons. The summed E-state index contributed by atoms with van der Waals surface area (Å²) in [5.41, 5.74) is 1.69. The molecule has 4 N–H and O–H groups in total. The van der Waals surface area contributed by atoms with Crippen LogP contribution in [0.5, 0.6) is 11.5 Å². The second kappa shape index (κ2) is 19.4. The lowest BCUT2D eigenvalue weighted by atomic mass is 10.0. The molecule has 7 rings (SSSR count). The number of ether oxygens (including phenoxy) is 3. The first-order chi connectivity index (χ1) is 28.4. The van der Waals surface area contributed by atoms with Crippen LogP contribution >= 0.6 is 0 Å². The molecule has 0 radical (unpaired) electrons. The number of methoxy groups -OCH3 is 1. The molecular formula is C42H48FN7O9. The molecule has 4 aromatic rings. The Morgan fingerprint density at radius 1 is 0.966 bits per heavy atom. The number of aliphatic hydroxyl groups excluding tert-OH is 1. The number of aromatic nitrogens is 3. The smallest absolute Gasteiger partial charge is 0.328 e. The van der Waals surface area contributed by atoms with Gasteiger partial charge in [0.15, 0.2) is 0 Å². The van der Waals surface area contributed by atoms with Crippen molar-refractivity contribution in [3.8, 4) is 11.5 Å². The number of nitrogens with zero attached hydrogens (tertiary/aromatic N) is 4. The van der Waals surface area contributed by atoms with Crippen molar-refractivity contribution in [2.45, 2.75) is 83.0 Å². The summed E-state index contributed by atoms with van der Waals surface area (Å²) in [4.78, 5) is 70.6. The minimum atomic E-state index is -1.35. The van der Waals surface area contributed by atoms with Gasteiger partial charge in [-0.05, 0) is 59.9 Å². The molecule has 59 heavy (non-hydrogen) atoms. The van der Waals surface area contributed by atoms with E-state index in [4.69, 9.17) is 14.2 Å². The minimum Gasteiger partial charge on any atom is -0.492 e. The van der Waals surface area contributed by atoms with Gasteiger partial charge in [-0.15, -0.1) is 5.10 Å². The fraction of sp³-hybridized carbons (Fsp3) is 0.405. The first-order valence-electron chi connectivity index (χ1n) is 19.4. The summed E-state index contributed by atoms with van der Waals surface area (Å²) in [7, 11) is 1.19. The second-order valence-corrected chi connectivity index (χ2v) is 15.0. The molecule has 4 heterocycles. The summed E-state index contributed by atoms with van der Waals surface area (Å²) in [6.07, 6.45) is 0.492. The Bertz CT molecular complexity index is 2130. The van der Waals surface area contributed by atoms with Crippen molar-refractivity contribution >= 4 is 29.6 Å². The Balaban J connectivity index is 1.33. The van der Waals surface area contributed by atoms with E-state index in [-0.39, 0.29) is 62.7 Å². The fourth-order valence-corrected chi connectivity index (χ4v) is 7.08. The van der Waals surface area contributed by atoms with E-state index in [0.717, 1.165) is 0 Å². The molecule has 0 aliphatic carbocycles. The fourth-order valence-electron chi connectivity index (χ4n) is 7.08. The molecule has 3 aliphatic rings. The van der Waals surface area contributed by atoms with E-state index in [1.165, 1.54) is 30.2 Å². The summed E-state index contributed by atoms with van der Waals surface area (Å²) < 4.78 is 32.8. The van der Waals surface area contributed by atoms with Crippen LogP contribution in [0.3, 0.4) is 0 Å². The van der Waals surface area contributed by atoms with Crippen LogP contribution in [0.4, 0.5) is 4.39 Å². The molecule has 0 unspecified atom stereocenters. The summed E-state index contributed by atoms with van der Waals surface area (Å²) in [5, 5.41) is 27.3. The standard InChI is InChI=1S/C42H48FN7O9/c1-25(2)17-34-41(55)50-23-30(51)21-36(50)40(54)44-33(20-27-7-6-8-28(43)18-27)39(53)46-35(42(56)57-3)19-26-11-13-31(14-12-26)58-16-15-49-22-29(47-48-49)24-59-37-10-5-4-9-32(37)38(52)45-34/h4-14,18,22,25,30,33-36,51H,15-17,19-21,23-24H2,1-3H3,(H,44,54)(H,45,52)(H,46,53)/t30-,33-,34+,35-,36+/m0/s1. The van der Waals surface area contributed by atoms with Crippen molar-refractivity contribution in [1.29, 1.82) is 0 Å². The number of nitrogens with one attached hydrogen (secondary N) is 3. The number of esters is 1. The van der Waals surface area contributed by atoms with Gasteiger partial charge in [0.2, 0.25) is 17.7 Å². The van der Waals surface area contributed by atoms with Crippen molar-refractivity contribution in [1.82, 2.24) is 35.8 Å². The summed E-state index contributed by atoms with van der Waals surface area (Å²) >= 11 is 0. The van der Waals surface area contributed by atoms with Crippen molar-refractivity contribution < 1.29 is 47.7 Å². The van der Waals surface area contributed by atoms with Crippen molar-refractivity contribution in [2.75, 3.05) is 20.3 Å². The Morgan fingerprint density at radius 2 is 1.75 bits per heavy atom. The van der Waals surface area contributed by atoms with Crippen LogP contribution in [0.25, 0.3) is 0 Å². The Labute approximate surface area is 340 Å². The molecule has 4 bridgehead atoms. The first kappa shape index (κ1) is 42.3. The van der Waals surface area contributed by atoms with Crippen LogP contribution in [0.15, 0.2) is 79.0 Å². The van der Waals surface area contributed by atoms with E-state index < -0.39 is 65.7 Å². The number of halogens is 1. The zero-order chi connectivity index (χ0) is 42.1. The highest BCUT2D eigenvalue weighted by atomic mass is 19.1. The van der Waals surface area contributed by atoms with Crippen LogP contribution in [-0.2, 0) is 49.9 Å². The maximum atomic E-state index is 14.3. The molecule has 1 aromatic heterocycles. The first-order valence-corrected chi connectivity index (χ1v) is 19.4. The highest BCUT2D eigenvalue weighted by molar-refractivity contribution is 6.00. The Morgan fingerprint density at radius 3 is 2.49 bits per heavy atom. The van der Waals surface area contributed by atoms with Gasteiger partial charge in [-0.1, -0.05) is 55.5 Å². The number of carbonyl (C=O) groups excluding carboxylic acids is 5. The number of hydrogen-bond acceptors (Lipinski definition) is 11. The quantitative estimate of drug-likeness (QED) is 0.215. The molecule has 0 spiro atoms. The van der Waals surface area contributed by atoms with Gasteiger partial charge in [-0.25, -0.2) is 13.9 Å². The number of carbonyl (C=O) groups is 5. The van der Waals surface area contributed by atoms with E-state index in [1.54, 1.807) is 65.5 Å². The third kappa shape index (κ3) is 11.2. The van der Waals surface area contributed by atoms with Crippen molar-refractivity contribution in [3.05, 3.63) is 107 Å². The molecular weight excluding hydrogens is 766 g/mol. The van der Waals surface area contributed by atoms with E-state index in [1.807, 2.05) is 13.8 Å². The van der Waals surface area contributed by atoms with Gasteiger partial charge in [0, 0.05) is 25.8 Å². The zero-order valence-corrected chi connectivity index (χ0v) is 33.0. The maximum Gasteiger partial charge on any atom is 0.328 e. The number of rotatable bonds is 5. The molecule has 1 fully saturated rings. The summed E-state index contributed by atoms with van der Waals surface area (Å²) in [5.74, 6) is -3.33. The predicted octanol–water partition coefficient (Wildman–Crippen LogP) is 2.12. The van der Waals surface area contributed by atoms with Gasteiger partial charge in [0.25, 0.3) is 5.91 Å². The van der Waals surface area contributed by atoms with Crippen LogP contribution in [0.1, 0.15) is 53.9 Å². The van der Waals surface area contributed by atoms with Crippen molar-refractivity contribution in [3.63, 3.8) is 0 Å². The monoisotopic (exact) mass is 813 g/mol. The number of amides is 4. The maximum absolute atomic E-state index is 14.3. The van der Waals surface area contributed by atoms with Crippen LogP contribution < -0.4 is 25.4 Å². The third-order valence-electron chi connectivity index (χ3n) is 9.98. The van der Waals surface area contributed by atoms with Gasteiger partial charge in [0.1, 0.15) is 60.4 Å². The largest absolute Gasteiger partial charge is 0.492 e. The van der Waals surface area contributed by atoms with E-state index in [9.17, 15) is 33.5 Å². The number of benzene rings is 3. The Kier molecular flexibility index (Phi) is 13.9. The lowest BCUT2D eigenvalue weighted by Crippen LogP contribution is -2.58. The summed E-state index contributed by atoms with van der Waals surface area (Å²) in [6.45, 7) is 4.14. The summed E-state index contributed by atoms with van der Waals surface area (Å²) in [6, 6.07) is 14.1. The number of para-hydroxylation sites is 1. The molecule has 3 aromatic carbocycles. The highest BCUT2D eigenvalue weighted by Gasteiger charge is 2.43. The lowest BCUT2D eigenvalue weighted by Gasteiger charge is -2.30. The van der Waals surface area contributed by atoms with Gasteiger partial charge in [0.05, 0.1) is 31.5 Å². The molecule has 16 nitrogen and oxygen atoms in total. The SMILES string of the molecule is COC(=O)[C@@H]1Cc2ccc(cc2)OCCn2cc(nn2)COc2ccccc2C(=O)N[C@H](CC(C)C)C(=O)N2C[C@@H](O)C[C@@H]2C(=O)N[C@@H](Cc2cccc(F)c2)C(=O)N1. The molecule has 5 atom stereocenters. The average Bonchev–Trinajstić information content (AvgIpc) is 3.85. The number of fused-ring (bicyclic) bond motifs is 14. The van der Waals surface area contributed by atoms with Crippen LogP contribution in [0.2, 0.25) is 0 Å². The van der Waals surface area contributed by atoms with E-state index >= 15 is 0 Å². The molecule has 0 saturated carbocycles. The predicted molar refractivity (Wildman–Crippen MR) is 209 cm³/mol. The van der Waals surface area contributed by atoms with Gasteiger partial charge in [-0.3, -0.25) is 19.2 Å². The van der Waals surface area contributed by atoms with Gasteiger partial charge >= 0.3 is 5.97 Å². The zero-order valence-electron chi connectivity index (χ0n) is 33.0. The Hall–Kier alpha value is -6.36.